The topological polar surface area (TPSA) is 20.2 Å². The molecule has 1 N–H and O–H groups in total. The molecular formula is C15H18O. The van der Waals surface area contributed by atoms with Gasteiger partial charge in [0.15, 0.2) is 0 Å². The van der Waals surface area contributed by atoms with Crippen molar-refractivity contribution in [1.29, 1.82) is 0 Å². The van der Waals surface area contributed by atoms with Gasteiger partial charge in [-0.05, 0) is 49.6 Å². The molecule has 0 saturated carbocycles. The van der Waals surface area contributed by atoms with E-state index < -0.39 is 0 Å². The van der Waals surface area contributed by atoms with Crippen LogP contribution >= 0.6 is 0 Å². The summed E-state index contributed by atoms with van der Waals surface area (Å²) >= 11 is 0. The van der Waals surface area contributed by atoms with Crippen molar-refractivity contribution in [3.05, 3.63) is 65.2 Å². The zero-order chi connectivity index (χ0) is 12.0. The zero-order valence-electron chi connectivity index (χ0n) is 10.1. The number of hydrogen-bond donors (Lipinski definition) is 1. The normalized spacial score (nSPS) is 9.19. The van der Waals surface area contributed by atoms with Gasteiger partial charge in [-0.15, -0.1) is 0 Å². The number of rotatable bonds is 0. The quantitative estimate of drug-likeness (QED) is 0.702. The van der Waals surface area contributed by atoms with Crippen LogP contribution in [0.25, 0.3) is 0 Å². The Morgan fingerprint density at radius 3 is 1.62 bits per heavy atom. The second kappa shape index (κ2) is 5.96. The molecule has 0 atom stereocenters. The van der Waals surface area contributed by atoms with E-state index in [9.17, 15) is 0 Å². The Morgan fingerprint density at radius 2 is 1.31 bits per heavy atom. The first kappa shape index (κ1) is 12.3. The summed E-state index contributed by atoms with van der Waals surface area (Å²) in [4.78, 5) is 0. The zero-order valence-corrected chi connectivity index (χ0v) is 10.1. The van der Waals surface area contributed by atoms with Crippen molar-refractivity contribution in [1.82, 2.24) is 0 Å². The molecule has 84 valence electrons. The van der Waals surface area contributed by atoms with Crippen molar-refractivity contribution >= 4 is 0 Å². The van der Waals surface area contributed by atoms with E-state index in [1.165, 1.54) is 11.1 Å². The van der Waals surface area contributed by atoms with Gasteiger partial charge in [-0.3, -0.25) is 0 Å². The van der Waals surface area contributed by atoms with Gasteiger partial charge in [0.05, 0.1) is 0 Å². The summed E-state index contributed by atoms with van der Waals surface area (Å²) in [7, 11) is 0. The molecule has 0 aliphatic heterocycles. The molecule has 0 amide bonds. The van der Waals surface area contributed by atoms with Crippen LogP contribution in [0.4, 0.5) is 0 Å². The first-order chi connectivity index (χ1) is 7.59. The van der Waals surface area contributed by atoms with Crippen LogP contribution in [0.1, 0.15) is 16.7 Å². The molecule has 0 heterocycles. The van der Waals surface area contributed by atoms with Gasteiger partial charge < -0.3 is 5.11 Å². The van der Waals surface area contributed by atoms with Crippen LogP contribution in [0.5, 0.6) is 5.75 Å². The van der Waals surface area contributed by atoms with E-state index in [0.29, 0.717) is 5.75 Å². The lowest BCUT2D eigenvalue weighted by molar-refractivity contribution is 0.475. The van der Waals surface area contributed by atoms with Crippen molar-refractivity contribution in [3.63, 3.8) is 0 Å². The molecule has 0 aliphatic carbocycles. The average molecular weight is 214 g/mol. The predicted molar refractivity (Wildman–Crippen MR) is 68.8 cm³/mol. The third kappa shape index (κ3) is 4.18. The molecule has 2 rings (SSSR count). The highest BCUT2D eigenvalue weighted by molar-refractivity contribution is 5.25. The molecule has 2 aromatic carbocycles. The number of benzene rings is 2. The van der Waals surface area contributed by atoms with Crippen molar-refractivity contribution in [2.24, 2.45) is 0 Å². The number of aromatic hydroxyl groups is 1. The average Bonchev–Trinajstić information content (AvgIpc) is 2.23. The number of aryl methyl sites for hydroxylation is 3. The van der Waals surface area contributed by atoms with E-state index >= 15 is 0 Å². The van der Waals surface area contributed by atoms with E-state index in [-0.39, 0.29) is 0 Å². The van der Waals surface area contributed by atoms with Crippen LogP contribution in [-0.2, 0) is 0 Å². The minimum Gasteiger partial charge on any atom is -0.508 e. The van der Waals surface area contributed by atoms with Crippen LogP contribution in [0, 0.1) is 20.8 Å². The van der Waals surface area contributed by atoms with Gasteiger partial charge in [-0.25, -0.2) is 0 Å². The number of phenols is 1. The second-order valence-electron chi connectivity index (χ2n) is 3.92. The maximum atomic E-state index is 8.81. The molecule has 0 aromatic heterocycles. The first-order valence-corrected chi connectivity index (χ1v) is 5.37. The molecule has 0 radical (unpaired) electrons. The van der Waals surface area contributed by atoms with E-state index in [1.54, 1.807) is 12.1 Å². The lowest BCUT2D eigenvalue weighted by atomic mass is 10.1. The Kier molecular flexibility index (Phi) is 4.59. The van der Waals surface area contributed by atoms with Crippen LogP contribution in [-0.4, -0.2) is 5.11 Å². The molecule has 1 nitrogen and oxygen atoms in total. The minimum absolute atomic E-state index is 0.338. The molecular weight excluding hydrogens is 196 g/mol. The summed E-state index contributed by atoms with van der Waals surface area (Å²) in [6.07, 6.45) is 0. The molecule has 0 saturated heterocycles. The van der Waals surface area contributed by atoms with Crippen molar-refractivity contribution in [2.75, 3.05) is 0 Å². The molecule has 1 heteroatoms. The van der Waals surface area contributed by atoms with Crippen LogP contribution < -0.4 is 0 Å². The van der Waals surface area contributed by atoms with E-state index in [0.717, 1.165) is 5.56 Å². The standard InChI is InChI=1S/C8H10.C7H8O/c1-7-5-3-4-6-8(7)2;1-6-3-2-4-7(8)5-6/h3-6H,1-2H3;2-5,8H,1H3. The third-order valence-electron chi connectivity index (χ3n) is 2.43. The molecule has 0 spiro atoms. The van der Waals surface area contributed by atoms with Gasteiger partial charge in [-0.2, -0.15) is 0 Å². The maximum Gasteiger partial charge on any atom is 0.115 e. The Morgan fingerprint density at radius 1 is 0.750 bits per heavy atom. The maximum absolute atomic E-state index is 8.81. The molecule has 0 bridgehead atoms. The summed E-state index contributed by atoms with van der Waals surface area (Å²) in [5, 5.41) is 8.81. The Bertz CT molecular complexity index is 408. The minimum atomic E-state index is 0.338. The predicted octanol–water partition coefficient (Wildman–Crippen LogP) is 4.00. The summed E-state index contributed by atoms with van der Waals surface area (Å²) in [5.74, 6) is 0.338. The number of hydrogen-bond acceptors (Lipinski definition) is 1. The van der Waals surface area contributed by atoms with E-state index in [1.807, 2.05) is 19.1 Å². The molecule has 0 unspecified atom stereocenters. The summed E-state index contributed by atoms with van der Waals surface area (Å²) < 4.78 is 0. The first-order valence-electron chi connectivity index (χ1n) is 5.37. The van der Waals surface area contributed by atoms with Gasteiger partial charge in [0.2, 0.25) is 0 Å². The van der Waals surface area contributed by atoms with E-state index in [2.05, 4.69) is 38.1 Å². The lowest BCUT2D eigenvalue weighted by Crippen LogP contribution is -1.74. The second-order valence-corrected chi connectivity index (χ2v) is 3.92. The highest BCUT2D eigenvalue weighted by Gasteiger charge is 1.84. The van der Waals surface area contributed by atoms with E-state index in [4.69, 9.17) is 5.11 Å². The largest absolute Gasteiger partial charge is 0.508 e. The highest BCUT2D eigenvalue weighted by atomic mass is 16.3. The smallest absolute Gasteiger partial charge is 0.115 e. The molecule has 0 aliphatic rings. The Balaban J connectivity index is 0.000000160. The summed E-state index contributed by atoms with van der Waals surface area (Å²) in [6, 6.07) is 15.5. The van der Waals surface area contributed by atoms with Crippen LogP contribution in [0.2, 0.25) is 0 Å². The molecule has 2 aromatic rings. The fourth-order valence-corrected chi connectivity index (χ4v) is 1.29. The van der Waals surface area contributed by atoms with Crippen molar-refractivity contribution in [3.8, 4) is 5.75 Å². The lowest BCUT2D eigenvalue weighted by Gasteiger charge is -1.93. The van der Waals surface area contributed by atoms with Gasteiger partial charge in [0.1, 0.15) is 5.75 Å². The van der Waals surface area contributed by atoms with Crippen molar-refractivity contribution in [2.45, 2.75) is 20.8 Å². The third-order valence-corrected chi connectivity index (χ3v) is 2.43. The van der Waals surface area contributed by atoms with Gasteiger partial charge >= 0.3 is 0 Å². The van der Waals surface area contributed by atoms with Crippen molar-refractivity contribution < 1.29 is 5.11 Å². The Labute approximate surface area is 97.4 Å². The monoisotopic (exact) mass is 214 g/mol. The Hall–Kier alpha value is -1.76. The molecule has 0 fully saturated rings. The summed E-state index contributed by atoms with van der Waals surface area (Å²) in [5.41, 5.74) is 3.82. The van der Waals surface area contributed by atoms with Crippen LogP contribution in [0.15, 0.2) is 48.5 Å². The van der Waals surface area contributed by atoms with Crippen LogP contribution in [0.3, 0.4) is 0 Å². The van der Waals surface area contributed by atoms with Gasteiger partial charge in [0.25, 0.3) is 0 Å². The van der Waals surface area contributed by atoms with Gasteiger partial charge in [-0.1, -0.05) is 36.4 Å². The summed E-state index contributed by atoms with van der Waals surface area (Å²) in [6.45, 7) is 6.18. The fourth-order valence-electron chi connectivity index (χ4n) is 1.29. The molecule has 16 heavy (non-hydrogen) atoms. The SMILES string of the molecule is Cc1cccc(O)c1.Cc1ccccc1C. The number of phenolic OH excluding ortho intramolecular Hbond substituents is 1. The fraction of sp³-hybridized carbons (Fsp3) is 0.200. The van der Waals surface area contributed by atoms with Gasteiger partial charge in [0, 0.05) is 0 Å². The highest BCUT2D eigenvalue weighted by Crippen LogP contribution is 2.08.